The Kier molecular flexibility index (Phi) is 6.59. The Morgan fingerprint density at radius 3 is 1.72 bits per heavy atom. The zero-order chi connectivity index (χ0) is 23.0. The second-order valence-electron chi connectivity index (χ2n) is 11.0. The molecule has 2 fully saturated rings. The van der Waals surface area contributed by atoms with Crippen LogP contribution >= 0.6 is 0 Å². The van der Waals surface area contributed by atoms with Gasteiger partial charge in [-0.1, -0.05) is 110 Å². The van der Waals surface area contributed by atoms with E-state index in [0.717, 1.165) is 5.47 Å². The summed E-state index contributed by atoms with van der Waals surface area (Å²) in [6.45, 7) is 15.9. The van der Waals surface area contributed by atoms with Crippen molar-refractivity contribution >= 4 is 25.6 Å². The molecule has 1 aliphatic heterocycles. The maximum atomic E-state index is 6.57. The third-order valence-corrected chi connectivity index (χ3v) is 13.6. The van der Waals surface area contributed by atoms with Gasteiger partial charge in [-0.15, -0.1) is 6.58 Å². The predicted octanol–water partition coefficient (Wildman–Crippen LogP) is 6.02. The van der Waals surface area contributed by atoms with Crippen molar-refractivity contribution in [1.82, 2.24) is 0 Å². The minimum absolute atomic E-state index is 0.352. The van der Waals surface area contributed by atoms with E-state index in [1.807, 2.05) is 0 Å². The van der Waals surface area contributed by atoms with Crippen LogP contribution in [0.1, 0.15) is 59.8 Å². The van der Waals surface area contributed by atoms with Gasteiger partial charge in [0.15, 0.2) is 0 Å². The maximum absolute atomic E-state index is 6.57. The zero-order valence-corrected chi connectivity index (χ0v) is 21.6. The van der Waals surface area contributed by atoms with Crippen molar-refractivity contribution in [3.8, 4) is 0 Å². The molecule has 0 bridgehead atoms. The minimum Gasteiger partial charge on any atom is -0.400 e. The van der Waals surface area contributed by atoms with Crippen LogP contribution in [-0.2, 0) is 9.31 Å². The number of benzene rings is 2. The first-order chi connectivity index (χ1) is 15.2. The molecule has 0 aromatic heterocycles. The van der Waals surface area contributed by atoms with E-state index >= 15 is 0 Å². The lowest BCUT2D eigenvalue weighted by Gasteiger charge is -2.44. The Labute approximate surface area is 196 Å². The van der Waals surface area contributed by atoms with Crippen LogP contribution in [0.4, 0.5) is 0 Å². The molecule has 2 aromatic rings. The molecule has 1 atom stereocenters. The first-order valence-corrected chi connectivity index (χ1v) is 14.9. The molecule has 0 spiro atoms. The summed E-state index contributed by atoms with van der Waals surface area (Å²) in [6, 6.07) is 22.4. The van der Waals surface area contributed by atoms with Gasteiger partial charge in [0.1, 0.15) is 8.07 Å². The average molecular weight is 447 g/mol. The van der Waals surface area contributed by atoms with E-state index in [-0.39, 0.29) is 18.3 Å². The molecular weight excluding hydrogens is 407 g/mol. The van der Waals surface area contributed by atoms with Gasteiger partial charge in [0.25, 0.3) is 0 Å². The standard InChI is InChI=1S/C28H39BO2Si/c1-22(29-30-27(2,3)28(4,5)31-29)26(23-16-10-7-11-17-23)32(6,24-18-12-8-13-19-24)25-20-14-9-15-21-25/h8-9,12-15,18-21,23,26H,1,7,10-11,16-17H2,2-6H3/t26-/m1/s1. The van der Waals surface area contributed by atoms with Crippen LogP contribution in [0.3, 0.4) is 0 Å². The fourth-order valence-corrected chi connectivity index (χ4v) is 10.8. The molecule has 1 aliphatic carbocycles. The summed E-state index contributed by atoms with van der Waals surface area (Å²) in [5.41, 5.74) is 0.810. The van der Waals surface area contributed by atoms with Gasteiger partial charge in [-0.05, 0) is 44.6 Å². The first-order valence-electron chi connectivity index (χ1n) is 12.3. The number of allylic oxidation sites excluding steroid dienone is 1. The molecule has 1 saturated carbocycles. The molecule has 0 unspecified atom stereocenters. The van der Waals surface area contributed by atoms with Crippen molar-refractivity contribution in [2.75, 3.05) is 0 Å². The summed E-state index contributed by atoms with van der Waals surface area (Å²) < 4.78 is 13.1. The van der Waals surface area contributed by atoms with Crippen LogP contribution in [-0.4, -0.2) is 26.4 Å². The third-order valence-electron chi connectivity index (χ3n) is 8.45. The van der Waals surface area contributed by atoms with Crippen LogP contribution in [0.2, 0.25) is 12.1 Å². The fraction of sp³-hybridized carbons (Fsp3) is 0.500. The topological polar surface area (TPSA) is 18.5 Å². The highest BCUT2D eigenvalue weighted by Crippen LogP contribution is 2.48. The highest BCUT2D eigenvalue weighted by molar-refractivity contribution is 7.03. The quantitative estimate of drug-likeness (QED) is 0.506. The molecule has 2 nitrogen and oxygen atoms in total. The van der Waals surface area contributed by atoms with Gasteiger partial charge in [-0.2, -0.15) is 0 Å². The Hall–Kier alpha value is -1.62. The van der Waals surface area contributed by atoms with Gasteiger partial charge in [-0.25, -0.2) is 0 Å². The number of hydrogen-bond acceptors (Lipinski definition) is 2. The summed E-state index contributed by atoms with van der Waals surface area (Å²) in [7, 11) is -2.56. The van der Waals surface area contributed by atoms with E-state index in [1.165, 1.54) is 42.5 Å². The highest BCUT2D eigenvalue weighted by Gasteiger charge is 2.56. The lowest BCUT2D eigenvalue weighted by Crippen LogP contribution is -2.62. The Bertz CT molecular complexity index is 863. The summed E-state index contributed by atoms with van der Waals surface area (Å²) in [5.74, 6) is 0.618. The molecule has 170 valence electrons. The van der Waals surface area contributed by atoms with Crippen LogP contribution in [0.5, 0.6) is 0 Å². The van der Waals surface area contributed by atoms with Crippen molar-refractivity contribution < 1.29 is 9.31 Å². The van der Waals surface area contributed by atoms with Crippen LogP contribution < -0.4 is 10.4 Å². The Morgan fingerprint density at radius 1 is 0.844 bits per heavy atom. The van der Waals surface area contributed by atoms with Crippen molar-refractivity contribution in [3.63, 3.8) is 0 Å². The van der Waals surface area contributed by atoms with Crippen LogP contribution in [0, 0.1) is 5.92 Å². The van der Waals surface area contributed by atoms with E-state index < -0.39 is 8.07 Å². The summed E-state index contributed by atoms with van der Waals surface area (Å²) in [4.78, 5) is 0. The predicted molar refractivity (Wildman–Crippen MR) is 139 cm³/mol. The van der Waals surface area contributed by atoms with Crippen LogP contribution in [0.15, 0.2) is 72.7 Å². The van der Waals surface area contributed by atoms with Crippen molar-refractivity contribution in [2.45, 2.75) is 83.1 Å². The monoisotopic (exact) mass is 446 g/mol. The molecule has 32 heavy (non-hydrogen) atoms. The van der Waals surface area contributed by atoms with E-state index in [4.69, 9.17) is 15.9 Å². The van der Waals surface area contributed by atoms with Gasteiger partial charge in [0.2, 0.25) is 0 Å². The van der Waals surface area contributed by atoms with Gasteiger partial charge < -0.3 is 9.31 Å². The summed E-state index contributed by atoms with van der Waals surface area (Å²) in [6.07, 6.45) is 6.51. The van der Waals surface area contributed by atoms with E-state index in [2.05, 4.69) is 94.9 Å². The minimum atomic E-state index is -2.20. The maximum Gasteiger partial charge on any atom is 0.489 e. The first kappa shape index (κ1) is 23.5. The normalized spacial score (nSPS) is 22.0. The zero-order valence-electron chi connectivity index (χ0n) is 20.6. The van der Waals surface area contributed by atoms with Gasteiger partial charge in [0, 0.05) is 0 Å². The molecule has 4 heteroatoms. The molecule has 0 N–H and O–H groups in total. The highest BCUT2D eigenvalue weighted by atomic mass is 28.3. The number of hydrogen-bond donors (Lipinski definition) is 0. The lowest BCUT2D eigenvalue weighted by atomic mass is 9.71. The van der Waals surface area contributed by atoms with Crippen molar-refractivity contribution in [3.05, 3.63) is 72.7 Å². The molecule has 2 aromatic carbocycles. The largest absolute Gasteiger partial charge is 0.489 e. The Balaban J connectivity index is 1.83. The second kappa shape index (κ2) is 8.96. The van der Waals surface area contributed by atoms with Gasteiger partial charge >= 0.3 is 7.12 Å². The van der Waals surface area contributed by atoms with E-state index in [9.17, 15) is 0 Å². The molecule has 1 heterocycles. The van der Waals surface area contributed by atoms with Gasteiger partial charge in [0.05, 0.1) is 11.2 Å². The lowest BCUT2D eigenvalue weighted by molar-refractivity contribution is 0.00578. The molecule has 4 rings (SSSR count). The van der Waals surface area contributed by atoms with Gasteiger partial charge in [-0.3, -0.25) is 0 Å². The SMILES string of the molecule is C=C(B1OC(C)(C)C(C)(C)O1)[C@H](C1CCCCC1)[Si](C)(c1ccccc1)c1ccccc1. The summed E-state index contributed by atoms with van der Waals surface area (Å²) >= 11 is 0. The fourth-order valence-electron chi connectivity index (χ4n) is 5.85. The average Bonchev–Trinajstić information content (AvgIpc) is 3.02. The van der Waals surface area contributed by atoms with E-state index in [0.29, 0.717) is 11.5 Å². The molecule has 0 radical (unpaired) electrons. The molecular formula is C28H39BO2Si. The smallest absolute Gasteiger partial charge is 0.400 e. The summed E-state index contributed by atoms with van der Waals surface area (Å²) in [5, 5.41) is 2.94. The van der Waals surface area contributed by atoms with E-state index in [1.54, 1.807) is 0 Å². The van der Waals surface area contributed by atoms with Crippen LogP contribution in [0.25, 0.3) is 0 Å². The third kappa shape index (κ3) is 4.18. The van der Waals surface area contributed by atoms with Crippen molar-refractivity contribution in [2.24, 2.45) is 5.92 Å². The number of rotatable bonds is 6. The van der Waals surface area contributed by atoms with Crippen molar-refractivity contribution in [1.29, 1.82) is 0 Å². The molecule has 0 amide bonds. The molecule has 2 aliphatic rings. The molecule has 1 saturated heterocycles. The second-order valence-corrected chi connectivity index (χ2v) is 15.2. The Morgan fingerprint density at radius 2 is 1.28 bits per heavy atom.